The van der Waals surface area contributed by atoms with Crippen LogP contribution in [0.4, 0.5) is 0 Å². The van der Waals surface area contributed by atoms with Crippen LogP contribution in [0.15, 0.2) is 30.3 Å². The highest BCUT2D eigenvalue weighted by Crippen LogP contribution is 2.11. The van der Waals surface area contributed by atoms with Crippen molar-refractivity contribution in [3.05, 3.63) is 35.9 Å². The summed E-state index contributed by atoms with van der Waals surface area (Å²) in [7, 11) is 0. The van der Waals surface area contributed by atoms with Gasteiger partial charge in [-0.15, -0.1) is 0 Å². The van der Waals surface area contributed by atoms with Crippen LogP contribution >= 0.6 is 0 Å². The number of rotatable bonds is 4. The minimum absolute atomic E-state index is 0.0189. The van der Waals surface area contributed by atoms with Crippen LogP contribution in [-0.4, -0.2) is 23.0 Å². The molecular weight excluding hydrogens is 166 g/mol. The Bertz CT molecular complexity index is 236. The first-order valence-electron chi connectivity index (χ1n) is 4.34. The van der Waals surface area contributed by atoms with E-state index in [1.165, 1.54) is 0 Å². The van der Waals surface area contributed by atoms with Crippen LogP contribution in [0, 0.1) is 0 Å². The van der Waals surface area contributed by atoms with Crippen molar-refractivity contribution in [3.63, 3.8) is 0 Å². The van der Waals surface area contributed by atoms with Crippen molar-refractivity contribution in [1.82, 2.24) is 5.32 Å². The third-order valence-electron chi connectivity index (χ3n) is 1.83. The van der Waals surface area contributed by atoms with Crippen molar-refractivity contribution < 1.29 is 10.2 Å². The van der Waals surface area contributed by atoms with Crippen LogP contribution in [0.1, 0.15) is 18.5 Å². The molecule has 0 amide bonds. The maximum atomic E-state index is 9.09. The van der Waals surface area contributed by atoms with Crippen LogP contribution in [0.3, 0.4) is 0 Å². The maximum Gasteiger partial charge on any atom is 0.102 e. The molecule has 13 heavy (non-hydrogen) atoms. The highest BCUT2D eigenvalue weighted by Gasteiger charge is 2.10. The van der Waals surface area contributed by atoms with Gasteiger partial charge in [-0.3, -0.25) is 5.32 Å². The molecule has 72 valence electrons. The second-order valence-electron chi connectivity index (χ2n) is 2.99. The fourth-order valence-electron chi connectivity index (χ4n) is 1.23. The van der Waals surface area contributed by atoms with Crippen molar-refractivity contribution in [2.45, 2.75) is 19.2 Å². The Morgan fingerprint density at radius 3 is 2.38 bits per heavy atom. The molecule has 3 nitrogen and oxygen atoms in total. The lowest BCUT2D eigenvalue weighted by Crippen LogP contribution is -2.32. The number of aliphatic hydroxyl groups excluding tert-OH is 2. The molecule has 1 aromatic rings. The lowest BCUT2D eigenvalue weighted by Gasteiger charge is -2.18. The van der Waals surface area contributed by atoms with Gasteiger partial charge < -0.3 is 10.2 Å². The average Bonchev–Trinajstić information content (AvgIpc) is 2.15. The second-order valence-corrected chi connectivity index (χ2v) is 2.99. The standard InChI is InChI=1S/C10H15NO2/c1-8(13)11-10(7-12)9-5-3-2-4-6-9/h2-6,8,10-13H,7H2,1H3/t8?,10-/m1/s1. The van der Waals surface area contributed by atoms with Gasteiger partial charge in [0.25, 0.3) is 0 Å². The van der Waals surface area contributed by atoms with Crippen molar-refractivity contribution in [2.75, 3.05) is 6.61 Å². The zero-order valence-electron chi connectivity index (χ0n) is 7.64. The van der Waals surface area contributed by atoms with Gasteiger partial charge in [0.15, 0.2) is 0 Å². The van der Waals surface area contributed by atoms with Gasteiger partial charge in [0.2, 0.25) is 0 Å². The topological polar surface area (TPSA) is 52.5 Å². The molecule has 0 spiro atoms. The molecule has 2 atom stereocenters. The summed E-state index contributed by atoms with van der Waals surface area (Å²) >= 11 is 0. The van der Waals surface area contributed by atoms with Gasteiger partial charge in [0.1, 0.15) is 6.23 Å². The van der Waals surface area contributed by atoms with E-state index in [4.69, 9.17) is 10.2 Å². The molecule has 0 fully saturated rings. The molecule has 1 aromatic carbocycles. The van der Waals surface area contributed by atoms with Crippen LogP contribution in [-0.2, 0) is 0 Å². The summed E-state index contributed by atoms with van der Waals surface area (Å²) in [6, 6.07) is 9.36. The lowest BCUT2D eigenvalue weighted by atomic mass is 10.1. The minimum atomic E-state index is -0.614. The highest BCUT2D eigenvalue weighted by atomic mass is 16.3. The van der Waals surface area contributed by atoms with Gasteiger partial charge >= 0.3 is 0 Å². The summed E-state index contributed by atoms with van der Waals surface area (Å²) in [5.41, 5.74) is 0.978. The van der Waals surface area contributed by atoms with Crippen LogP contribution in [0.25, 0.3) is 0 Å². The van der Waals surface area contributed by atoms with Gasteiger partial charge in [-0.1, -0.05) is 30.3 Å². The Labute approximate surface area is 78.0 Å². The molecule has 0 saturated heterocycles. The van der Waals surface area contributed by atoms with Gasteiger partial charge in [0, 0.05) is 0 Å². The van der Waals surface area contributed by atoms with E-state index in [1.807, 2.05) is 30.3 Å². The fraction of sp³-hybridized carbons (Fsp3) is 0.400. The van der Waals surface area contributed by atoms with Crippen molar-refractivity contribution in [2.24, 2.45) is 0 Å². The smallest absolute Gasteiger partial charge is 0.102 e. The van der Waals surface area contributed by atoms with Gasteiger partial charge in [-0.2, -0.15) is 0 Å². The van der Waals surface area contributed by atoms with Gasteiger partial charge in [0.05, 0.1) is 12.6 Å². The molecule has 0 aliphatic heterocycles. The Hall–Kier alpha value is -0.900. The van der Waals surface area contributed by atoms with Crippen LogP contribution in [0.2, 0.25) is 0 Å². The zero-order chi connectivity index (χ0) is 9.68. The molecule has 0 saturated carbocycles. The summed E-state index contributed by atoms with van der Waals surface area (Å²) in [5.74, 6) is 0. The summed E-state index contributed by atoms with van der Waals surface area (Å²) in [4.78, 5) is 0. The molecule has 0 aliphatic rings. The van der Waals surface area contributed by atoms with E-state index in [9.17, 15) is 0 Å². The van der Waals surface area contributed by atoms with E-state index < -0.39 is 6.23 Å². The normalized spacial score (nSPS) is 15.3. The van der Waals surface area contributed by atoms with E-state index in [2.05, 4.69) is 5.32 Å². The maximum absolute atomic E-state index is 9.09. The molecule has 3 heteroatoms. The van der Waals surface area contributed by atoms with Crippen molar-refractivity contribution >= 4 is 0 Å². The minimum Gasteiger partial charge on any atom is -0.394 e. The quantitative estimate of drug-likeness (QED) is 0.598. The van der Waals surface area contributed by atoms with E-state index in [1.54, 1.807) is 6.92 Å². The zero-order valence-corrected chi connectivity index (χ0v) is 7.64. The summed E-state index contributed by atoms with van der Waals surface area (Å²) < 4.78 is 0. The number of hydrogen-bond donors (Lipinski definition) is 3. The first kappa shape index (κ1) is 10.2. The Morgan fingerprint density at radius 1 is 1.31 bits per heavy atom. The molecule has 1 unspecified atom stereocenters. The highest BCUT2D eigenvalue weighted by molar-refractivity contribution is 5.18. The predicted molar refractivity (Wildman–Crippen MR) is 51.1 cm³/mol. The SMILES string of the molecule is CC(O)N[C@H](CO)c1ccccc1. The molecule has 1 rings (SSSR count). The van der Waals surface area contributed by atoms with Crippen LogP contribution < -0.4 is 5.32 Å². The first-order valence-corrected chi connectivity index (χ1v) is 4.34. The summed E-state index contributed by atoms with van der Waals surface area (Å²) in [6.45, 7) is 1.61. The molecule has 0 bridgehead atoms. The van der Waals surface area contributed by atoms with E-state index in [-0.39, 0.29) is 12.6 Å². The lowest BCUT2D eigenvalue weighted by molar-refractivity contribution is 0.119. The van der Waals surface area contributed by atoms with E-state index >= 15 is 0 Å². The monoisotopic (exact) mass is 181 g/mol. The van der Waals surface area contributed by atoms with Crippen molar-refractivity contribution in [1.29, 1.82) is 0 Å². The predicted octanol–water partition coefficient (Wildman–Crippen LogP) is 0.648. The number of aliphatic hydroxyl groups is 2. The molecule has 0 radical (unpaired) electrons. The Morgan fingerprint density at radius 2 is 1.92 bits per heavy atom. The molecule has 3 N–H and O–H groups in total. The second kappa shape index (κ2) is 4.97. The number of nitrogens with one attached hydrogen (secondary N) is 1. The Balaban J connectivity index is 2.67. The van der Waals surface area contributed by atoms with Crippen molar-refractivity contribution in [3.8, 4) is 0 Å². The molecule has 0 aliphatic carbocycles. The fourth-order valence-corrected chi connectivity index (χ4v) is 1.23. The summed E-state index contributed by atoms with van der Waals surface area (Å²) in [5, 5.41) is 21.0. The summed E-state index contributed by atoms with van der Waals surface area (Å²) in [6.07, 6.45) is -0.614. The number of hydrogen-bond acceptors (Lipinski definition) is 3. The van der Waals surface area contributed by atoms with Gasteiger partial charge in [-0.05, 0) is 12.5 Å². The average molecular weight is 181 g/mol. The third kappa shape index (κ3) is 3.14. The number of benzene rings is 1. The third-order valence-corrected chi connectivity index (χ3v) is 1.83. The van der Waals surface area contributed by atoms with Gasteiger partial charge in [-0.25, -0.2) is 0 Å². The Kier molecular flexibility index (Phi) is 3.89. The van der Waals surface area contributed by atoms with E-state index in [0.717, 1.165) is 5.56 Å². The van der Waals surface area contributed by atoms with E-state index in [0.29, 0.717) is 0 Å². The molecule has 0 heterocycles. The van der Waals surface area contributed by atoms with Crippen LogP contribution in [0.5, 0.6) is 0 Å². The molecular formula is C10H15NO2. The molecule has 0 aromatic heterocycles. The largest absolute Gasteiger partial charge is 0.394 e. The first-order chi connectivity index (χ1) is 6.24.